The van der Waals surface area contributed by atoms with Crippen LogP contribution in [0.4, 0.5) is 5.82 Å². The van der Waals surface area contributed by atoms with Crippen molar-refractivity contribution in [2.45, 2.75) is 6.92 Å². The van der Waals surface area contributed by atoms with Gasteiger partial charge in [0.15, 0.2) is 5.65 Å². The first-order valence-electron chi connectivity index (χ1n) is 8.36. The summed E-state index contributed by atoms with van der Waals surface area (Å²) in [4.78, 5) is 25.4. The summed E-state index contributed by atoms with van der Waals surface area (Å²) in [7, 11) is 1.63. The zero-order valence-electron chi connectivity index (χ0n) is 14.9. The third kappa shape index (κ3) is 3.22. The van der Waals surface area contributed by atoms with Gasteiger partial charge in [-0.25, -0.2) is 4.98 Å². The molecule has 1 aromatic carbocycles. The van der Waals surface area contributed by atoms with E-state index in [0.717, 1.165) is 17.0 Å². The van der Waals surface area contributed by atoms with Crippen LogP contribution >= 0.6 is 0 Å². The van der Waals surface area contributed by atoms with Crippen LogP contribution in [0.1, 0.15) is 16.1 Å². The summed E-state index contributed by atoms with van der Waals surface area (Å²) in [6.45, 7) is 1.85. The summed E-state index contributed by atoms with van der Waals surface area (Å²) < 4.78 is 7.03. The predicted molar refractivity (Wildman–Crippen MR) is 102 cm³/mol. The number of imidazole rings is 1. The van der Waals surface area contributed by atoms with Crippen LogP contribution in [0.5, 0.6) is 5.75 Å². The molecule has 0 spiro atoms. The highest BCUT2D eigenvalue weighted by Crippen LogP contribution is 2.24. The second-order valence-corrected chi connectivity index (χ2v) is 5.97. The number of nitrogens with zero attached hydrogens (tertiary/aromatic N) is 4. The number of carbonyl (C=O) groups excluding carboxylic acids is 1. The minimum Gasteiger partial charge on any atom is -0.497 e. The van der Waals surface area contributed by atoms with E-state index in [1.807, 2.05) is 41.8 Å². The molecule has 1 amide bonds. The zero-order chi connectivity index (χ0) is 18.8. The molecule has 134 valence electrons. The molecular weight excluding hydrogens is 342 g/mol. The van der Waals surface area contributed by atoms with Crippen molar-refractivity contribution in [1.29, 1.82) is 0 Å². The molecule has 3 aromatic heterocycles. The average molecular weight is 359 g/mol. The highest BCUT2D eigenvalue weighted by molar-refractivity contribution is 6.04. The van der Waals surface area contributed by atoms with Crippen molar-refractivity contribution < 1.29 is 9.53 Å². The normalized spacial score (nSPS) is 10.7. The standard InChI is InChI=1S/C20H17N5O2/c1-13-19(24-20(26)15-7-9-21-10-8-15)25-12-17(22-11-18(25)23-13)14-3-5-16(27-2)6-4-14/h3-12H,1-2H3,(H,24,26). The predicted octanol–water partition coefficient (Wildman–Crippen LogP) is 3.36. The lowest BCUT2D eigenvalue weighted by Crippen LogP contribution is -2.14. The molecule has 0 saturated carbocycles. The molecule has 3 heterocycles. The summed E-state index contributed by atoms with van der Waals surface area (Å²) in [5.74, 6) is 1.18. The Hall–Kier alpha value is -3.74. The third-order valence-electron chi connectivity index (χ3n) is 4.24. The lowest BCUT2D eigenvalue weighted by molar-refractivity contribution is 0.102. The molecule has 0 unspecified atom stereocenters. The number of nitrogens with one attached hydrogen (secondary N) is 1. The summed E-state index contributed by atoms with van der Waals surface area (Å²) in [5, 5.41) is 2.93. The Kier molecular flexibility index (Phi) is 4.25. The van der Waals surface area contributed by atoms with E-state index < -0.39 is 0 Å². The van der Waals surface area contributed by atoms with Gasteiger partial charge in [0.1, 0.15) is 11.6 Å². The van der Waals surface area contributed by atoms with Gasteiger partial charge in [0, 0.05) is 29.7 Å². The minimum atomic E-state index is -0.217. The van der Waals surface area contributed by atoms with Crippen molar-refractivity contribution in [3.8, 4) is 17.0 Å². The van der Waals surface area contributed by atoms with E-state index in [2.05, 4.69) is 20.3 Å². The minimum absolute atomic E-state index is 0.217. The Bertz CT molecular complexity index is 1100. The average Bonchev–Trinajstić information content (AvgIpc) is 3.03. The first-order chi connectivity index (χ1) is 13.2. The van der Waals surface area contributed by atoms with Crippen molar-refractivity contribution in [3.63, 3.8) is 0 Å². The first kappa shape index (κ1) is 16.7. The second-order valence-electron chi connectivity index (χ2n) is 5.97. The van der Waals surface area contributed by atoms with Crippen molar-refractivity contribution in [1.82, 2.24) is 19.4 Å². The van der Waals surface area contributed by atoms with Gasteiger partial charge in [-0.15, -0.1) is 0 Å². The van der Waals surface area contributed by atoms with Crippen LogP contribution in [-0.2, 0) is 0 Å². The number of rotatable bonds is 4. The number of amides is 1. The number of ether oxygens (including phenoxy) is 1. The smallest absolute Gasteiger partial charge is 0.256 e. The van der Waals surface area contributed by atoms with Gasteiger partial charge in [0.25, 0.3) is 5.91 Å². The first-order valence-corrected chi connectivity index (χ1v) is 8.36. The van der Waals surface area contributed by atoms with Crippen LogP contribution < -0.4 is 10.1 Å². The van der Waals surface area contributed by atoms with Gasteiger partial charge in [-0.05, 0) is 43.3 Å². The molecule has 0 saturated heterocycles. The fraction of sp³-hybridized carbons (Fsp3) is 0.100. The SMILES string of the molecule is COc1ccc(-c2cn3c(NC(=O)c4ccncc4)c(C)nc3cn2)cc1. The molecular formula is C20H17N5O2. The maximum absolute atomic E-state index is 12.5. The molecule has 0 radical (unpaired) electrons. The van der Waals surface area contributed by atoms with E-state index in [4.69, 9.17) is 4.74 Å². The molecule has 0 atom stereocenters. The Morgan fingerprint density at radius 3 is 2.56 bits per heavy atom. The van der Waals surface area contributed by atoms with Gasteiger partial charge in [-0.2, -0.15) is 0 Å². The van der Waals surface area contributed by atoms with Gasteiger partial charge >= 0.3 is 0 Å². The van der Waals surface area contributed by atoms with Crippen LogP contribution in [0, 0.1) is 6.92 Å². The van der Waals surface area contributed by atoms with Gasteiger partial charge in [0.2, 0.25) is 0 Å². The number of carbonyl (C=O) groups is 1. The Morgan fingerprint density at radius 2 is 1.85 bits per heavy atom. The summed E-state index contributed by atoms with van der Waals surface area (Å²) >= 11 is 0. The number of methoxy groups -OCH3 is 1. The van der Waals surface area contributed by atoms with Gasteiger partial charge < -0.3 is 10.1 Å². The lowest BCUT2D eigenvalue weighted by Gasteiger charge is -2.08. The largest absolute Gasteiger partial charge is 0.497 e. The fourth-order valence-electron chi connectivity index (χ4n) is 2.82. The van der Waals surface area contributed by atoms with Crippen LogP contribution in [0.15, 0.2) is 61.2 Å². The molecule has 0 aliphatic carbocycles. The number of fused-ring (bicyclic) bond motifs is 1. The number of aryl methyl sites for hydroxylation is 1. The number of pyridine rings is 1. The number of hydrogen-bond acceptors (Lipinski definition) is 5. The molecule has 7 heteroatoms. The molecule has 1 N–H and O–H groups in total. The maximum atomic E-state index is 12.5. The van der Waals surface area contributed by atoms with E-state index in [9.17, 15) is 4.79 Å². The second kappa shape index (κ2) is 6.87. The highest BCUT2D eigenvalue weighted by atomic mass is 16.5. The van der Waals surface area contributed by atoms with Crippen molar-refractivity contribution in [3.05, 3.63) is 72.4 Å². The lowest BCUT2D eigenvalue weighted by atomic mass is 10.1. The van der Waals surface area contributed by atoms with Crippen LogP contribution in [0.2, 0.25) is 0 Å². The van der Waals surface area contributed by atoms with Gasteiger partial charge in [-0.3, -0.25) is 19.2 Å². The van der Waals surface area contributed by atoms with Crippen molar-refractivity contribution in [2.75, 3.05) is 12.4 Å². The molecule has 0 fully saturated rings. The zero-order valence-corrected chi connectivity index (χ0v) is 14.9. The Balaban J connectivity index is 1.72. The topological polar surface area (TPSA) is 81.4 Å². The number of aromatic nitrogens is 4. The summed E-state index contributed by atoms with van der Waals surface area (Å²) in [6, 6.07) is 11.0. The van der Waals surface area contributed by atoms with Gasteiger partial charge in [0.05, 0.1) is 24.7 Å². The Morgan fingerprint density at radius 1 is 1.11 bits per heavy atom. The Labute approximate surface area is 155 Å². The number of benzene rings is 1. The van der Waals surface area contributed by atoms with E-state index in [0.29, 0.717) is 22.7 Å². The molecule has 0 aliphatic rings. The fourth-order valence-corrected chi connectivity index (χ4v) is 2.82. The van der Waals surface area contributed by atoms with Crippen LogP contribution in [-0.4, -0.2) is 32.4 Å². The molecule has 4 aromatic rings. The molecule has 0 bridgehead atoms. The molecule has 4 rings (SSSR count). The monoisotopic (exact) mass is 359 g/mol. The van der Waals surface area contributed by atoms with E-state index in [-0.39, 0.29) is 5.91 Å². The van der Waals surface area contributed by atoms with Crippen LogP contribution in [0.3, 0.4) is 0 Å². The number of hydrogen-bond donors (Lipinski definition) is 1. The quantitative estimate of drug-likeness (QED) is 0.604. The molecule has 7 nitrogen and oxygen atoms in total. The number of anilines is 1. The summed E-state index contributed by atoms with van der Waals surface area (Å²) in [6.07, 6.45) is 6.72. The van der Waals surface area contributed by atoms with E-state index in [1.165, 1.54) is 0 Å². The van der Waals surface area contributed by atoms with Crippen molar-refractivity contribution in [2.24, 2.45) is 0 Å². The maximum Gasteiger partial charge on any atom is 0.256 e. The van der Waals surface area contributed by atoms with Crippen LogP contribution in [0.25, 0.3) is 16.9 Å². The summed E-state index contributed by atoms with van der Waals surface area (Å²) in [5.41, 5.74) is 3.61. The van der Waals surface area contributed by atoms with Gasteiger partial charge in [-0.1, -0.05) is 0 Å². The van der Waals surface area contributed by atoms with Crippen molar-refractivity contribution >= 4 is 17.4 Å². The van der Waals surface area contributed by atoms with E-state index >= 15 is 0 Å². The molecule has 0 aliphatic heterocycles. The molecule has 27 heavy (non-hydrogen) atoms. The highest BCUT2D eigenvalue weighted by Gasteiger charge is 2.14. The van der Waals surface area contributed by atoms with E-state index in [1.54, 1.807) is 37.8 Å². The third-order valence-corrected chi connectivity index (χ3v) is 4.24.